The van der Waals surface area contributed by atoms with Crippen molar-refractivity contribution in [2.24, 2.45) is 5.73 Å². The molecule has 0 aliphatic carbocycles. The van der Waals surface area contributed by atoms with Gasteiger partial charge >= 0.3 is 0 Å². The topological polar surface area (TPSA) is 38.9 Å². The number of nitrogens with two attached hydrogens (primary N) is 1. The molecule has 1 rings (SSSR count). The average molecular weight is 221 g/mol. The predicted octanol–water partition coefficient (Wildman–Crippen LogP) is 2.21. The number of hydrogen-bond donors (Lipinski definition) is 1. The molecule has 0 aliphatic rings. The molecular formula is C9H14Cl2N2. The van der Waals surface area contributed by atoms with Gasteiger partial charge in [-0.25, -0.2) is 0 Å². The molecule has 0 unspecified atom stereocenters. The van der Waals surface area contributed by atoms with Gasteiger partial charge < -0.3 is 5.73 Å². The zero-order valence-corrected chi connectivity index (χ0v) is 9.07. The highest BCUT2D eigenvalue weighted by Crippen LogP contribution is 1.99. The number of hydrogen-bond acceptors (Lipinski definition) is 2. The van der Waals surface area contributed by atoms with E-state index in [1.54, 1.807) is 0 Å². The van der Waals surface area contributed by atoms with Crippen LogP contribution in [0.1, 0.15) is 11.3 Å². The van der Waals surface area contributed by atoms with Gasteiger partial charge in [0.15, 0.2) is 0 Å². The van der Waals surface area contributed by atoms with Gasteiger partial charge in [0, 0.05) is 12.7 Å². The quantitative estimate of drug-likeness (QED) is 0.831. The highest BCUT2D eigenvalue weighted by Gasteiger charge is 1.85. The molecule has 0 amide bonds. The van der Waals surface area contributed by atoms with Crippen LogP contribution in [0.4, 0.5) is 0 Å². The molecule has 0 radical (unpaired) electrons. The third-order valence-electron chi connectivity index (χ3n) is 1.36. The van der Waals surface area contributed by atoms with Gasteiger partial charge in [0.2, 0.25) is 0 Å². The molecule has 0 spiro atoms. The SMILES string of the molecule is Cc1ccc(/C=C/CN)nc1.Cl.Cl. The van der Waals surface area contributed by atoms with Crippen LogP contribution in [0.5, 0.6) is 0 Å². The zero-order chi connectivity index (χ0) is 8.10. The van der Waals surface area contributed by atoms with Crippen molar-refractivity contribution < 1.29 is 0 Å². The van der Waals surface area contributed by atoms with Crippen LogP contribution in [0.2, 0.25) is 0 Å². The number of aryl methyl sites for hydroxylation is 1. The van der Waals surface area contributed by atoms with Crippen LogP contribution in [-0.2, 0) is 0 Å². The lowest BCUT2D eigenvalue weighted by Crippen LogP contribution is -1.92. The molecule has 0 aromatic carbocycles. The summed E-state index contributed by atoms with van der Waals surface area (Å²) in [5, 5.41) is 0. The normalized spacial score (nSPS) is 9.08. The molecule has 0 saturated carbocycles. The summed E-state index contributed by atoms with van der Waals surface area (Å²) in [6.45, 7) is 2.58. The maximum Gasteiger partial charge on any atom is 0.0627 e. The summed E-state index contributed by atoms with van der Waals surface area (Å²) in [7, 11) is 0. The molecule has 1 heterocycles. The van der Waals surface area contributed by atoms with E-state index in [1.807, 2.05) is 37.4 Å². The fourth-order valence-electron chi connectivity index (χ4n) is 0.767. The highest BCUT2D eigenvalue weighted by atomic mass is 35.5. The molecule has 13 heavy (non-hydrogen) atoms. The Morgan fingerprint density at radius 1 is 1.38 bits per heavy atom. The number of rotatable bonds is 2. The zero-order valence-electron chi connectivity index (χ0n) is 7.43. The molecule has 4 heteroatoms. The Bertz CT molecular complexity index is 244. The molecule has 0 aliphatic heterocycles. The van der Waals surface area contributed by atoms with Crippen LogP contribution >= 0.6 is 24.8 Å². The van der Waals surface area contributed by atoms with Crippen LogP contribution in [-0.4, -0.2) is 11.5 Å². The summed E-state index contributed by atoms with van der Waals surface area (Å²) in [5.41, 5.74) is 7.43. The maximum atomic E-state index is 5.29. The minimum absolute atomic E-state index is 0. The Balaban J connectivity index is 0. The average Bonchev–Trinajstić information content (AvgIpc) is 2.04. The second-order valence-electron chi connectivity index (χ2n) is 2.40. The lowest BCUT2D eigenvalue weighted by atomic mass is 10.2. The van der Waals surface area contributed by atoms with Crippen molar-refractivity contribution in [3.63, 3.8) is 0 Å². The van der Waals surface area contributed by atoms with Crippen LogP contribution in [0, 0.1) is 6.92 Å². The van der Waals surface area contributed by atoms with Gasteiger partial charge in [-0.15, -0.1) is 24.8 Å². The molecule has 2 N–H and O–H groups in total. The lowest BCUT2D eigenvalue weighted by molar-refractivity contribution is 1.23. The predicted molar refractivity (Wildman–Crippen MR) is 61.6 cm³/mol. The third kappa shape index (κ3) is 5.64. The Morgan fingerprint density at radius 3 is 2.54 bits per heavy atom. The van der Waals surface area contributed by atoms with Gasteiger partial charge in [-0.05, 0) is 24.6 Å². The van der Waals surface area contributed by atoms with Gasteiger partial charge in [-0.2, -0.15) is 0 Å². The van der Waals surface area contributed by atoms with Crippen molar-refractivity contribution in [2.45, 2.75) is 6.92 Å². The van der Waals surface area contributed by atoms with E-state index in [2.05, 4.69) is 4.98 Å². The van der Waals surface area contributed by atoms with E-state index in [-0.39, 0.29) is 24.8 Å². The smallest absolute Gasteiger partial charge is 0.0627 e. The lowest BCUT2D eigenvalue weighted by Gasteiger charge is -1.92. The summed E-state index contributed by atoms with van der Waals surface area (Å²) in [5.74, 6) is 0. The minimum Gasteiger partial charge on any atom is -0.327 e. The summed E-state index contributed by atoms with van der Waals surface area (Å²) in [4.78, 5) is 4.17. The summed E-state index contributed by atoms with van der Waals surface area (Å²) in [6.07, 6.45) is 5.65. The number of aromatic nitrogens is 1. The molecule has 2 nitrogen and oxygen atoms in total. The second-order valence-corrected chi connectivity index (χ2v) is 2.40. The summed E-state index contributed by atoms with van der Waals surface area (Å²) in [6, 6.07) is 4.00. The Morgan fingerprint density at radius 2 is 2.08 bits per heavy atom. The van der Waals surface area contributed by atoms with E-state index in [4.69, 9.17) is 5.73 Å². The van der Waals surface area contributed by atoms with E-state index in [0.29, 0.717) is 6.54 Å². The number of nitrogens with zero attached hydrogens (tertiary/aromatic N) is 1. The van der Waals surface area contributed by atoms with Gasteiger partial charge in [-0.3, -0.25) is 4.98 Å². The molecule has 0 bridgehead atoms. The summed E-state index contributed by atoms with van der Waals surface area (Å²) >= 11 is 0. The van der Waals surface area contributed by atoms with Gasteiger partial charge in [0.1, 0.15) is 0 Å². The van der Waals surface area contributed by atoms with Crippen LogP contribution in [0.3, 0.4) is 0 Å². The highest BCUT2D eigenvalue weighted by molar-refractivity contribution is 5.85. The van der Waals surface area contributed by atoms with E-state index in [1.165, 1.54) is 5.56 Å². The Labute approximate surface area is 91.1 Å². The van der Waals surface area contributed by atoms with Crippen molar-refractivity contribution >= 4 is 30.9 Å². The first-order valence-electron chi connectivity index (χ1n) is 3.62. The molecule has 0 atom stereocenters. The summed E-state index contributed by atoms with van der Waals surface area (Å²) < 4.78 is 0. The first kappa shape index (κ1) is 14.9. The number of pyridine rings is 1. The van der Waals surface area contributed by atoms with E-state index >= 15 is 0 Å². The Kier molecular flexibility index (Phi) is 9.24. The third-order valence-corrected chi connectivity index (χ3v) is 1.36. The molecule has 1 aromatic heterocycles. The van der Waals surface area contributed by atoms with Crippen molar-refractivity contribution in [3.8, 4) is 0 Å². The molecule has 0 fully saturated rings. The van der Waals surface area contributed by atoms with E-state index < -0.39 is 0 Å². The standard InChI is InChI=1S/C9H12N2.2ClH/c1-8-4-5-9(11-7-8)3-2-6-10;;/h2-5,7H,6,10H2,1H3;2*1H/b3-2+;;. The van der Waals surface area contributed by atoms with Crippen molar-refractivity contribution in [1.29, 1.82) is 0 Å². The van der Waals surface area contributed by atoms with Gasteiger partial charge in [0.25, 0.3) is 0 Å². The first-order chi connectivity index (χ1) is 5.33. The van der Waals surface area contributed by atoms with Gasteiger partial charge in [0.05, 0.1) is 5.69 Å². The van der Waals surface area contributed by atoms with Gasteiger partial charge in [-0.1, -0.05) is 12.1 Å². The number of halogens is 2. The molecule has 0 saturated heterocycles. The largest absolute Gasteiger partial charge is 0.327 e. The van der Waals surface area contributed by atoms with Crippen molar-refractivity contribution in [2.75, 3.05) is 6.54 Å². The van der Waals surface area contributed by atoms with Crippen LogP contribution in [0.15, 0.2) is 24.4 Å². The second kappa shape index (κ2) is 8.05. The van der Waals surface area contributed by atoms with Crippen molar-refractivity contribution in [3.05, 3.63) is 35.7 Å². The van der Waals surface area contributed by atoms with Crippen LogP contribution < -0.4 is 5.73 Å². The Hall–Kier alpha value is -0.570. The van der Waals surface area contributed by atoms with Crippen molar-refractivity contribution in [1.82, 2.24) is 4.98 Å². The molecule has 74 valence electrons. The van der Waals surface area contributed by atoms with E-state index in [9.17, 15) is 0 Å². The van der Waals surface area contributed by atoms with E-state index in [0.717, 1.165) is 5.69 Å². The first-order valence-corrected chi connectivity index (χ1v) is 3.62. The minimum atomic E-state index is 0. The fraction of sp³-hybridized carbons (Fsp3) is 0.222. The van der Waals surface area contributed by atoms with Crippen LogP contribution in [0.25, 0.3) is 6.08 Å². The molecular weight excluding hydrogens is 207 g/mol. The fourth-order valence-corrected chi connectivity index (χ4v) is 0.767. The molecule has 1 aromatic rings. The maximum absolute atomic E-state index is 5.29. The monoisotopic (exact) mass is 220 g/mol.